The average molecular weight is 301 g/mol. The van der Waals surface area contributed by atoms with E-state index in [1.807, 2.05) is 18.2 Å². The number of hydrogen-bond acceptors (Lipinski definition) is 5. The molecule has 0 saturated carbocycles. The summed E-state index contributed by atoms with van der Waals surface area (Å²) >= 11 is 1.45. The van der Waals surface area contributed by atoms with Crippen LogP contribution >= 0.6 is 11.5 Å². The van der Waals surface area contributed by atoms with Crippen LogP contribution in [0.4, 0.5) is 0 Å². The summed E-state index contributed by atoms with van der Waals surface area (Å²) in [5.74, 6) is 0.936. The zero-order chi connectivity index (χ0) is 14.7. The third kappa shape index (κ3) is 2.84. The number of nitrogens with zero attached hydrogens (tertiary/aromatic N) is 2. The van der Waals surface area contributed by atoms with Crippen LogP contribution in [0, 0.1) is 0 Å². The summed E-state index contributed by atoms with van der Waals surface area (Å²) in [5, 5.41) is 8.92. The van der Waals surface area contributed by atoms with Crippen molar-refractivity contribution in [1.82, 2.24) is 14.9 Å². The highest BCUT2D eigenvalue weighted by Gasteiger charge is 2.23. The standard InChI is InChI=1S/C16H19N3OS/c1-3-9-17-15(16-12(4-2)18-19-21-16)14-10-11-7-5-6-8-13(11)20-14/h5-8,10,15,17H,3-4,9H2,1-2H3. The van der Waals surface area contributed by atoms with E-state index in [0.717, 1.165) is 46.7 Å². The van der Waals surface area contributed by atoms with Crippen molar-refractivity contribution in [3.05, 3.63) is 46.7 Å². The summed E-state index contributed by atoms with van der Waals surface area (Å²) < 4.78 is 10.2. The van der Waals surface area contributed by atoms with E-state index in [9.17, 15) is 0 Å². The van der Waals surface area contributed by atoms with Gasteiger partial charge >= 0.3 is 0 Å². The maximum atomic E-state index is 6.04. The number of rotatable bonds is 6. The minimum absolute atomic E-state index is 0.0345. The second-order valence-corrected chi connectivity index (χ2v) is 5.80. The van der Waals surface area contributed by atoms with Crippen LogP contribution in [0.25, 0.3) is 11.0 Å². The van der Waals surface area contributed by atoms with Gasteiger partial charge < -0.3 is 9.73 Å². The molecule has 21 heavy (non-hydrogen) atoms. The molecular formula is C16H19N3OS. The van der Waals surface area contributed by atoms with Gasteiger partial charge in [-0.3, -0.25) is 0 Å². The van der Waals surface area contributed by atoms with E-state index in [0.29, 0.717) is 0 Å². The number of nitrogens with one attached hydrogen (secondary N) is 1. The van der Waals surface area contributed by atoms with Crippen molar-refractivity contribution in [2.45, 2.75) is 32.7 Å². The van der Waals surface area contributed by atoms with Crippen LogP contribution in [0.5, 0.6) is 0 Å². The van der Waals surface area contributed by atoms with E-state index in [2.05, 4.69) is 40.9 Å². The third-order valence-electron chi connectivity index (χ3n) is 3.51. The summed E-state index contributed by atoms with van der Waals surface area (Å²) in [6, 6.07) is 10.2. The molecule has 0 aliphatic carbocycles. The molecule has 0 aliphatic rings. The predicted octanol–water partition coefficient (Wildman–Crippen LogP) is 3.94. The Bertz CT molecular complexity index is 686. The van der Waals surface area contributed by atoms with Crippen LogP contribution in [0.1, 0.15) is 42.6 Å². The summed E-state index contributed by atoms with van der Waals surface area (Å²) in [6.07, 6.45) is 1.96. The average Bonchev–Trinajstić information content (AvgIpc) is 3.14. The van der Waals surface area contributed by atoms with Gasteiger partial charge in [0.25, 0.3) is 0 Å². The molecule has 110 valence electrons. The molecule has 1 aromatic carbocycles. The summed E-state index contributed by atoms with van der Waals surface area (Å²) in [5.41, 5.74) is 1.97. The molecule has 4 nitrogen and oxygen atoms in total. The van der Waals surface area contributed by atoms with Crippen molar-refractivity contribution >= 4 is 22.5 Å². The van der Waals surface area contributed by atoms with Gasteiger partial charge in [0, 0.05) is 5.39 Å². The number of aryl methyl sites for hydroxylation is 1. The van der Waals surface area contributed by atoms with Crippen molar-refractivity contribution < 1.29 is 4.42 Å². The molecule has 0 spiro atoms. The van der Waals surface area contributed by atoms with Crippen LogP contribution in [-0.4, -0.2) is 16.1 Å². The molecule has 3 aromatic rings. The van der Waals surface area contributed by atoms with Crippen LogP contribution < -0.4 is 5.32 Å². The zero-order valence-corrected chi connectivity index (χ0v) is 13.1. The molecule has 2 heterocycles. The molecular weight excluding hydrogens is 282 g/mol. The highest BCUT2D eigenvalue weighted by atomic mass is 32.1. The van der Waals surface area contributed by atoms with Crippen LogP contribution in [0.15, 0.2) is 34.7 Å². The van der Waals surface area contributed by atoms with Gasteiger partial charge in [-0.25, -0.2) is 0 Å². The zero-order valence-electron chi connectivity index (χ0n) is 12.3. The monoisotopic (exact) mass is 301 g/mol. The van der Waals surface area contributed by atoms with E-state index >= 15 is 0 Å². The van der Waals surface area contributed by atoms with Crippen LogP contribution in [0.3, 0.4) is 0 Å². The minimum atomic E-state index is 0.0345. The van der Waals surface area contributed by atoms with Gasteiger partial charge in [0.2, 0.25) is 0 Å². The quantitative estimate of drug-likeness (QED) is 0.749. The van der Waals surface area contributed by atoms with Crippen LogP contribution in [0.2, 0.25) is 0 Å². The van der Waals surface area contributed by atoms with E-state index < -0.39 is 0 Å². The van der Waals surface area contributed by atoms with Gasteiger partial charge in [-0.1, -0.05) is 36.5 Å². The Kier molecular flexibility index (Phi) is 4.31. The van der Waals surface area contributed by atoms with Gasteiger partial charge in [-0.05, 0) is 43.1 Å². The largest absolute Gasteiger partial charge is 0.459 e. The maximum Gasteiger partial charge on any atom is 0.134 e. The van der Waals surface area contributed by atoms with E-state index in [-0.39, 0.29) is 6.04 Å². The Hall–Kier alpha value is -1.72. The number of benzene rings is 1. The number of aromatic nitrogens is 2. The topological polar surface area (TPSA) is 51.0 Å². The smallest absolute Gasteiger partial charge is 0.134 e. The number of hydrogen-bond donors (Lipinski definition) is 1. The lowest BCUT2D eigenvalue weighted by Crippen LogP contribution is -2.22. The SMILES string of the molecule is CCCNC(c1cc2ccccc2o1)c1snnc1CC. The number of furan rings is 1. The van der Waals surface area contributed by atoms with Gasteiger partial charge in [-0.15, -0.1) is 5.10 Å². The molecule has 1 N–H and O–H groups in total. The van der Waals surface area contributed by atoms with Crippen LogP contribution in [-0.2, 0) is 6.42 Å². The van der Waals surface area contributed by atoms with Crippen molar-refractivity contribution in [2.75, 3.05) is 6.54 Å². The lowest BCUT2D eigenvalue weighted by molar-refractivity contribution is 0.471. The lowest BCUT2D eigenvalue weighted by Gasteiger charge is -2.15. The molecule has 0 fully saturated rings. The molecule has 0 amide bonds. The van der Waals surface area contributed by atoms with Gasteiger partial charge in [0.1, 0.15) is 17.4 Å². The van der Waals surface area contributed by atoms with Crippen molar-refractivity contribution in [1.29, 1.82) is 0 Å². The first kappa shape index (κ1) is 14.2. The Labute approximate surface area is 128 Å². The number of fused-ring (bicyclic) bond motifs is 1. The fourth-order valence-corrected chi connectivity index (χ4v) is 3.26. The summed E-state index contributed by atoms with van der Waals surface area (Å²) in [4.78, 5) is 1.16. The fraction of sp³-hybridized carbons (Fsp3) is 0.375. The molecule has 5 heteroatoms. The third-order valence-corrected chi connectivity index (χ3v) is 4.34. The molecule has 3 rings (SSSR count). The Balaban J connectivity index is 2.02. The molecule has 1 atom stereocenters. The molecule has 2 aromatic heterocycles. The van der Waals surface area contributed by atoms with Crippen molar-refractivity contribution in [3.63, 3.8) is 0 Å². The number of para-hydroxylation sites is 1. The predicted molar refractivity (Wildman–Crippen MR) is 85.6 cm³/mol. The second-order valence-electron chi connectivity index (χ2n) is 5.01. The van der Waals surface area contributed by atoms with Gasteiger partial charge in [0.15, 0.2) is 0 Å². The van der Waals surface area contributed by atoms with E-state index in [4.69, 9.17) is 4.42 Å². The molecule has 0 bridgehead atoms. The van der Waals surface area contributed by atoms with Gasteiger partial charge in [-0.2, -0.15) is 0 Å². The Morgan fingerprint density at radius 3 is 2.90 bits per heavy atom. The second kappa shape index (κ2) is 6.37. The first-order chi connectivity index (χ1) is 10.3. The van der Waals surface area contributed by atoms with Crippen molar-refractivity contribution in [2.24, 2.45) is 0 Å². The summed E-state index contributed by atoms with van der Waals surface area (Å²) in [6.45, 7) is 5.20. The highest BCUT2D eigenvalue weighted by Crippen LogP contribution is 2.31. The highest BCUT2D eigenvalue weighted by molar-refractivity contribution is 7.05. The molecule has 0 aliphatic heterocycles. The van der Waals surface area contributed by atoms with E-state index in [1.54, 1.807) is 0 Å². The lowest BCUT2D eigenvalue weighted by atomic mass is 10.1. The summed E-state index contributed by atoms with van der Waals surface area (Å²) in [7, 11) is 0. The Morgan fingerprint density at radius 1 is 1.29 bits per heavy atom. The maximum absolute atomic E-state index is 6.04. The first-order valence-corrected chi connectivity index (χ1v) is 8.13. The molecule has 0 radical (unpaired) electrons. The normalized spacial score (nSPS) is 12.9. The first-order valence-electron chi connectivity index (χ1n) is 7.36. The van der Waals surface area contributed by atoms with E-state index in [1.165, 1.54) is 11.5 Å². The Morgan fingerprint density at radius 2 is 2.14 bits per heavy atom. The molecule has 0 saturated heterocycles. The molecule has 1 unspecified atom stereocenters. The van der Waals surface area contributed by atoms with Crippen molar-refractivity contribution in [3.8, 4) is 0 Å². The van der Waals surface area contributed by atoms with Gasteiger partial charge in [0.05, 0.1) is 10.6 Å². The fourth-order valence-electron chi connectivity index (χ4n) is 2.44. The minimum Gasteiger partial charge on any atom is -0.459 e.